The summed E-state index contributed by atoms with van der Waals surface area (Å²) < 4.78 is 0. The van der Waals surface area contributed by atoms with Crippen LogP contribution in [-0.4, -0.2) is 5.91 Å². The summed E-state index contributed by atoms with van der Waals surface area (Å²) in [5.41, 5.74) is 2.20. The molecule has 1 N–H and O–H groups in total. The molecule has 2 aromatic rings. The average molecular weight is 320 g/mol. The van der Waals surface area contributed by atoms with Crippen LogP contribution in [0.4, 0.5) is 0 Å². The van der Waals surface area contributed by atoms with Gasteiger partial charge in [-0.15, -0.1) is 0 Å². The maximum atomic E-state index is 12.1. The third-order valence-corrected chi connectivity index (χ3v) is 4.54. The van der Waals surface area contributed by atoms with E-state index >= 15 is 0 Å². The fraction of sp³-hybridized carbons (Fsp3) is 0.235. The second-order valence-corrected chi connectivity index (χ2v) is 6.14. The molecular formula is C17H15Cl2NO. The highest BCUT2D eigenvalue weighted by atomic mass is 35.5. The summed E-state index contributed by atoms with van der Waals surface area (Å²) in [6.45, 7) is 0.480. The maximum Gasteiger partial charge on any atom is 0.224 e. The second kappa shape index (κ2) is 6.08. The van der Waals surface area contributed by atoms with Crippen molar-refractivity contribution in [2.75, 3.05) is 0 Å². The summed E-state index contributed by atoms with van der Waals surface area (Å²) >= 11 is 11.8. The van der Waals surface area contributed by atoms with Crippen molar-refractivity contribution >= 4 is 29.1 Å². The lowest BCUT2D eigenvalue weighted by Gasteiger charge is -2.06. The van der Waals surface area contributed by atoms with Gasteiger partial charge in [0, 0.05) is 12.5 Å². The van der Waals surface area contributed by atoms with Crippen molar-refractivity contribution in [1.82, 2.24) is 5.32 Å². The molecule has 2 nitrogen and oxygen atoms in total. The van der Waals surface area contributed by atoms with Crippen LogP contribution < -0.4 is 5.32 Å². The lowest BCUT2D eigenvalue weighted by atomic mass is 10.1. The van der Waals surface area contributed by atoms with E-state index in [1.165, 1.54) is 5.56 Å². The highest BCUT2D eigenvalue weighted by Gasteiger charge is 2.43. The fourth-order valence-corrected chi connectivity index (χ4v) is 2.84. The van der Waals surface area contributed by atoms with Gasteiger partial charge in [-0.25, -0.2) is 0 Å². The van der Waals surface area contributed by atoms with Gasteiger partial charge >= 0.3 is 0 Å². The number of amides is 1. The van der Waals surface area contributed by atoms with Crippen LogP contribution in [0.2, 0.25) is 10.0 Å². The molecule has 2 aromatic carbocycles. The Morgan fingerprint density at radius 1 is 1.10 bits per heavy atom. The van der Waals surface area contributed by atoms with Crippen LogP contribution in [-0.2, 0) is 11.3 Å². The summed E-state index contributed by atoms with van der Waals surface area (Å²) in [6.07, 6.45) is 0.928. The number of halogens is 2. The molecule has 1 fully saturated rings. The first-order valence-corrected chi connectivity index (χ1v) is 7.67. The van der Waals surface area contributed by atoms with E-state index < -0.39 is 0 Å². The number of hydrogen-bond donors (Lipinski definition) is 1. The van der Waals surface area contributed by atoms with Crippen molar-refractivity contribution in [2.45, 2.75) is 18.9 Å². The van der Waals surface area contributed by atoms with Crippen LogP contribution >= 0.6 is 23.2 Å². The van der Waals surface area contributed by atoms with Gasteiger partial charge in [0.2, 0.25) is 5.91 Å². The zero-order valence-electron chi connectivity index (χ0n) is 11.4. The van der Waals surface area contributed by atoms with E-state index in [1.807, 2.05) is 24.3 Å². The largest absolute Gasteiger partial charge is 0.352 e. The van der Waals surface area contributed by atoms with Crippen LogP contribution in [0.1, 0.15) is 23.5 Å². The second-order valence-electron chi connectivity index (χ2n) is 5.33. The Morgan fingerprint density at radius 3 is 2.57 bits per heavy atom. The van der Waals surface area contributed by atoms with Gasteiger partial charge < -0.3 is 5.32 Å². The highest BCUT2D eigenvalue weighted by molar-refractivity contribution is 6.42. The summed E-state index contributed by atoms with van der Waals surface area (Å²) in [7, 11) is 0. The monoisotopic (exact) mass is 319 g/mol. The van der Waals surface area contributed by atoms with Crippen LogP contribution in [0.5, 0.6) is 0 Å². The predicted molar refractivity (Wildman–Crippen MR) is 85.6 cm³/mol. The zero-order chi connectivity index (χ0) is 14.8. The summed E-state index contributed by atoms with van der Waals surface area (Å²) in [4.78, 5) is 12.1. The SMILES string of the molecule is O=C(NCc1ccc(Cl)c(Cl)c1)C1CC1c1ccccc1. The Morgan fingerprint density at radius 2 is 1.86 bits per heavy atom. The summed E-state index contributed by atoms with van der Waals surface area (Å²) in [5, 5.41) is 4.00. The predicted octanol–water partition coefficient (Wildman–Crippen LogP) is 4.41. The molecule has 3 rings (SSSR count). The van der Waals surface area contributed by atoms with Crippen molar-refractivity contribution in [3.8, 4) is 0 Å². The minimum Gasteiger partial charge on any atom is -0.352 e. The quantitative estimate of drug-likeness (QED) is 0.888. The molecule has 21 heavy (non-hydrogen) atoms. The molecule has 0 heterocycles. The molecule has 0 bridgehead atoms. The number of carbonyl (C=O) groups excluding carboxylic acids is 1. The first kappa shape index (κ1) is 14.4. The standard InChI is InChI=1S/C17H15Cl2NO/c18-15-7-6-11(8-16(15)19)10-20-17(21)14-9-13(14)12-4-2-1-3-5-12/h1-8,13-14H,9-10H2,(H,20,21). The van der Waals surface area contributed by atoms with Crippen LogP contribution in [0, 0.1) is 5.92 Å². The van der Waals surface area contributed by atoms with E-state index in [0.29, 0.717) is 22.5 Å². The Bertz CT molecular complexity index is 657. The number of benzene rings is 2. The Balaban J connectivity index is 1.55. The van der Waals surface area contributed by atoms with E-state index in [1.54, 1.807) is 12.1 Å². The van der Waals surface area contributed by atoms with E-state index in [9.17, 15) is 4.79 Å². The average Bonchev–Trinajstić information content (AvgIpc) is 3.30. The molecule has 0 spiro atoms. The third-order valence-electron chi connectivity index (χ3n) is 3.81. The molecular weight excluding hydrogens is 305 g/mol. The Kier molecular flexibility index (Phi) is 4.18. The highest BCUT2D eigenvalue weighted by Crippen LogP contribution is 2.47. The number of nitrogens with one attached hydrogen (secondary N) is 1. The number of carbonyl (C=O) groups is 1. The van der Waals surface area contributed by atoms with Gasteiger partial charge in [-0.1, -0.05) is 59.6 Å². The number of rotatable bonds is 4. The molecule has 0 radical (unpaired) electrons. The lowest BCUT2D eigenvalue weighted by Crippen LogP contribution is -2.24. The molecule has 4 heteroatoms. The zero-order valence-corrected chi connectivity index (χ0v) is 12.9. The van der Waals surface area contributed by atoms with Crippen LogP contribution in [0.3, 0.4) is 0 Å². The molecule has 108 valence electrons. The van der Waals surface area contributed by atoms with Crippen molar-refractivity contribution in [3.63, 3.8) is 0 Å². The lowest BCUT2D eigenvalue weighted by molar-refractivity contribution is -0.122. The Hall–Kier alpha value is -1.51. The van der Waals surface area contributed by atoms with Crippen LogP contribution in [0.15, 0.2) is 48.5 Å². The summed E-state index contributed by atoms with van der Waals surface area (Å²) in [6, 6.07) is 15.6. The van der Waals surface area contributed by atoms with Gasteiger partial charge in [0.05, 0.1) is 10.0 Å². The first-order valence-electron chi connectivity index (χ1n) is 6.92. The van der Waals surface area contributed by atoms with E-state index in [4.69, 9.17) is 23.2 Å². The normalized spacial score (nSPS) is 20.1. The third kappa shape index (κ3) is 3.39. The minimum atomic E-state index is 0.0928. The summed E-state index contributed by atoms with van der Waals surface area (Å²) in [5.74, 6) is 0.560. The first-order chi connectivity index (χ1) is 10.1. The molecule has 2 atom stereocenters. The molecule has 1 saturated carbocycles. The van der Waals surface area contributed by atoms with Gasteiger partial charge in [0.25, 0.3) is 0 Å². The Labute approximate surface area is 134 Å². The van der Waals surface area contributed by atoms with Crippen molar-refractivity contribution < 1.29 is 4.79 Å². The van der Waals surface area contributed by atoms with Crippen molar-refractivity contribution in [3.05, 3.63) is 69.7 Å². The van der Waals surface area contributed by atoms with Gasteiger partial charge in [-0.2, -0.15) is 0 Å². The van der Waals surface area contributed by atoms with Gasteiger partial charge in [-0.3, -0.25) is 4.79 Å². The van der Waals surface area contributed by atoms with E-state index in [-0.39, 0.29) is 11.8 Å². The van der Waals surface area contributed by atoms with Gasteiger partial charge in [0.15, 0.2) is 0 Å². The molecule has 0 aromatic heterocycles. The topological polar surface area (TPSA) is 29.1 Å². The molecule has 1 amide bonds. The van der Waals surface area contributed by atoms with Crippen molar-refractivity contribution in [2.24, 2.45) is 5.92 Å². The minimum absolute atomic E-state index is 0.0928. The maximum absolute atomic E-state index is 12.1. The van der Waals surface area contributed by atoms with Gasteiger partial charge in [-0.05, 0) is 35.6 Å². The van der Waals surface area contributed by atoms with Crippen LogP contribution in [0.25, 0.3) is 0 Å². The van der Waals surface area contributed by atoms with E-state index in [2.05, 4.69) is 17.4 Å². The number of hydrogen-bond acceptors (Lipinski definition) is 1. The molecule has 0 saturated heterocycles. The van der Waals surface area contributed by atoms with Gasteiger partial charge in [0.1, 0.15) is 0 Å². The molecule has 2 unspecified atom stereocenters. The molecule has 0 aliphatic heterocycles. The molecule has 1 aliphatic rings. The van der Waals surface area contributed by atoms with E-state index in [0.717, 1.165) is 12.0 Å². The molecule has 1 aliphatic carbocycles. The smallest absolute Gasteiger partial charge is 0.224 e. The fourth-order valence-electron chi connectivity index (χ4n) is 2.52. The van der Waals surface area contributed by atoms with Crippen molar-refractivity contribution in [1.29, 1.82) is 0 Å².